The summed E-state index contributed by atoms with van der Waals surface area (Å²) in [5.41, 5.74) is 3.73. The summed E-state index contributed by atoms with van der Waals surface area (Å²) in [6.45, 7) is 3.38. The Labute approximate surface area is 122 Å². The van der Waals surface area contributed by atoms with Crippen molar-refractivity contribution in [3.63, 3.8) is 0 Å². The standard InChI is InChI=1S/C15H16N4O2/c1-9-4-3-6-17-12(9)14-18-11-8-16-7-5-10(11)13(19-14)15(20)21-2/h3-4,6,16H,5,7-8H2,1-2H3. The molecule has 2 aromatic heterocycles. The summed E-state index contributed by atoms with van der Waals surface area (Å²) in [7, 11) is 1.36. The van der Waals surface area contributed by atoms with Gasteiger partial charge in [0.2, 0.25) is 0 Å². The maximum Gasteiger partial charge on any atom is 0.357 e. The summed E-state index contributed by atoms with van der Waals surface area (Å²) >= 11 is 0. The van der Waals surface area contributed by atoms with Crippen LogP contribution in [0.25, 0.3) is 11.5 Å². The van der Waals surface area contributed by atoms with Crippen LogP contribution in [0, 0.1) is 6.92 Å². The van der Waals surface area contributed by atoms with E-state index in [0.717, 1.165) is 29.8 Å². The number of nitrogens with one attached hydrogen (secondary N) is 1. The molecule has 0 aliphatic carbocycles. The molecular weight excluding hydrogens is 268 g/mol. The minimum absolute atomic E-state index is 0.351. The Morgan fingerprint density at radius 3 is 3.00 bits per heavy atom. The van der Waals surface area contributed by atoms with Gasteiger partial charge in [-0.05, 0) is 31.5 Å². The van der Waals surface area contributed by atoms with E-state index in [0.29, 0.717) is 23.8 Å². The second-order valence-corrected chi connectivity index (χ2v) is 4.91. The average Bonchev–Trinajstić information content (AvgIpc) is 2.53. The first-order valence-electron chi connectivity index (χ1n) is 6.81. The van der Waals surface area contributed by atoms with Gasteiger partial charge >= 0.3 is 5.97 Å². The van der Waals surface area contributed by atoms with Crippen LogP contribution in [0.4, 0.5) is 0 Å². The van der Waals surface area contributed by atoms with Gasteiger partial charge < -0.3 is 10.1 Å². The lowest BCUT2D eigenvalue weighted by Gasteiger charge is -2.19. The van der Waals surface area contributed by atoms with Gasteiger partial charge in [-0.3, -0.25) is 4.98 Å². The van der Waals surface area contributed by atoms with Crippen LogP contribution in [-0.4, -0.2) is 34.6 Å². The van der Waals surface area contributed by atoms with E-state index >= 15 is 0 Å². The van der Waals surface area contributed by atoms with Crippen molar-refractivity contribution < 1.29 is 9.53 Å². The fourth-order valence-corrected chi connectivity index (χ4v) is 2.45. The summed E-state index contributed by atoms with van der Waals surface area (Å²) in [6.07, 6.45) is 2.42. The second kappa shape index (κ2) is 5.57. The van der Waals surface area contributed by atoms with Crippen LogP contribution in [0.15, 0.2) is 18.3 Å². The summed E-state index contributed by atoms with van der Waals surface area (Å²) in [5.74, 6) is 0.0429. The molecule has 0 atom stereocenters. The number of aromatic nitrogens is 3. The number of hydrogen-bond donors (Lipinski definition) is 1. The Hall–Kier alpha value is -2.34. The van der Waals surface area contributed by atoms with E-state index in [9.17, 15) is 4.79 Å². The Kier molecular flexibility index (Phi) is 3.62. The summed E-state index contributed by atoms with van der Waals surface area (Å²) in [5, 5.41) is 3.26. The summed E-state index contributed by atoms with van der Waals surface area (Å²) < 4.78 is 4.85. The average molecular weight is 284 g/mol. The van der Waals surface area contributed by atoms with Crippen molar-refractivity contribution in [2.75, 3.05) is 13.7 Å². The zero-order valence-corrected chi connectivity index (χ0v) is 12.0. The lowest BCUT2D eigenvalue weighted by atomic mass is 10.0. The monoisotopic (exact) mass is 284 g/mol. The van der Waals surface area contributed by atoms with Gasteiger partial charge in [0, 0.05) is 18.3 Å². The molecule has 0 aromatic carbocycles. The number of pyridine rings is 1. The number of methoxy groups -OCH3 is 1. The quantitative estimate of drug-likeness (QED) is 0.837. The molecule has 21 heavy (non-hydrogen) atoms. The number of carbonyl (C=O) groups excluding carboxylic acids is 1. The highest BCUT2D eigenvalue weighted by molar-refractivity contribution is 5.89. The first-order chi connectivity index (χ1) is 10.2. The molecule has 0 unspecified atom stereocenters. The van der Waals surface area contributed by atoms with Gasteiger partial charge in [0.05, 0.1) is 12.8 Å². The Morgan fingerprint density at radius 1 is 1.38 bits per heavy atom. The lowest BCUT2D eigenvalue weighted by molar-refractivity contribution is 0.0592. The van der Waals surface area contributed by atoms with Crippen LogP contribution in [0.2, 0.25) is 0 Å². The molecule has 0 saturated carbocycles. The minimum Gasteiger partial charge on any atom is -0.464 e. The lowest BCUT2D eigenvalue weighted by Crippen LogP contribution is -2.28. The molecule has 1 aliphatic rings. The van der Waals surface area contributed by atoms with Crippen LogP contribution in [0.1, 0.15) is 27.3 Å². The van der Waals surface area contributed by atoms with Crippen molar-refractivity contribution in [2.24, 2.45) is 0 Å². The molecule has 6 nitrogen and oxygen atoms in total. The van der Waals surface area contributed by atoms with Crippen molar-refractivity contribution >= 4 is 5.97 Å². The van der Waals surface area contributed by atoms with Gasteiger partial charge in [-0.1, -0.05) is 6.07 Å². The Morgan fingerprint density at radius 2 is 2.24 bits per heavy atom. The van der Waals surface area contributed by atoms with Gasteiger partial charge in [-0.15, -0.1) is 0 Å². The number of fused-ring (bicyclic) bond motifs is 1. The number of nitrogens with zero attached hydrogens (tertiary/aromatic N) is 3. The number of rotatable bonds is 2. The Bertz CT molecular complexity index is 700. The van der Waals surface area contributed by atoms with Gasteiger partial charge in [-0.25, -0.2) is 14.8 Å². The van der Waals surface area contributed by atoms with Crippen LogP contribution >= 0.6 is 0 Å². The van der Waals surface area contributed by atoms with E-state index in [2.05, 4.69) is 20.3 Å². The first-order valence-corrected chi connectivity index (χ1v) is 6.81. The van der Waals surface area contributed by atoms with Crippen LogP contribution in [0.5, 0.6) is 0 Å². The summed E-state index contributed by atoms with van der Waals surface area (Å²) in [4.78, 5) is 25.3. The third kappa shape index (κ3) is 2.50. The normalized spacial score (nSPS) is 13.6. The zero-order chi connectivity index (χ0) is 14.8. The predicted octanol–water partition coefficient (Wildman–Crippen LogP) is 1.28. The van der Waals surface area contributed by atoms with Crippen LogP contribution in [-0.2, 0) is 17.7 Å². The van der Waals surface area contributed by atoms with E-state index in [1.165, 1.54) is 7.11 Å². The number of carbonyl (C=O) groups is 1. The SMILES string of the molecule is COC(=O)c1nc(-c2ncccc2C)nc2c1CCNC2. The highest BCUT2D eigenvalue weighted by Crippen LogP contribution is 2.22. The molecule has 6 heteroatoms. The summed E-state index contributed by atoms with van der Waals surface area (Å²) in [6, 6.07) is 3.81. The number of aryl methyl sites for hydroxylation is 1. The topological polar surface area (TPSA) is 77.0 Å². The minimum atomic E-state index is -0.426. The molecule has 0 bridgehead atoms. The van der Waals surface area contributed by atoms with Gasteiger partial charge in [0.15, 0.2) is 11.5 Å². The highest BCUT2D eigenvalue weighted by atomic mass is 16.5. The molecular formula is C15H16N4O2. The fourth-order valence-electron chi connectivity index (χ4n) is 2.45. The van der Waals surface area contributed by atoms with E-state index < -0.39 is 5.97 Å². The molecule has 1 aliphatic heterocycles. The predicted molar refractivity (Wildman–Crippen MR) is 76.8 cm³/mol. The van der Waals surface area contributed by atoms with Gasteiger partial charge in [-0.2, -0.15) is 0 Å². The van der Waals surface area contributed by atoms with Crippen LogP contribution < -0.4 is 5.32 Å². The molecule has 3 rings (SSSR count). The zero-order valence-electron chi connectivity index (χ0n) is 12.0. The third-order valence-corrected chi connectivity index (χ3v) is 3.54. The molecule has 108 valence electrons. The number of esters is 1. The van der Waals surface area contributed by atoms with Crippen molar-refractivity contribution in [1.29, 1.82) is 0 Å². The van der Waals surface area contributed by atoms with E-state index in [-0.39, 0.29) is 0 Å². The molecule has 0 amide bonds. The largest absolute Gasteiger partial charge is 0.464 e. The van der Waals surface area contributed by atoms with Crippen LogP contribution in [0.3, 0.4) is 0 Å². The molecule has 0 fully saturated rings. The molecule has 0 saturated heterocycles. The highest BCUT2D eigenvalue weighted by Gasteiger charge is 2.23. The Balaban J connectivity index is 2.19. The van der Waals surface area contributed by atoms with Gasteiger partial charge in [0.25, 0.3) is 0 Å². The van der Waals surface area contributed by atoms with E-state index in [1.54, 1.807) is 6.20 Å². The number of hydrogen-bond acceptors (Lipinski definition) is 6. The molecule has 3 heterocycles. The molecule has 0 radical (unpaired) electrons. The van der Waals surface area contributed by atoms with Crippen molar-refractivity contribution in [2.45, 2.75) is 19.9 Å². The van der Waals surface area contributed by atoms with E-state index in [1.807, 2.05) is 19.1 Å². The second-order valence-electron chi connectivity index (χ2n) is 4.91. The first kappa shape index (κ1) is 13.6. The molecule has 2 aromatic rings. The van der Waals surface area contributed by atoms with Gasteiger partial charge in [0.1, 0.15) is 5.69 Å². The van der Waals surface area contributed by atoms with Crippen molar-refractivity contribution in [3.05, 3.63) is 40.8 Å². The third-order valence-electron chi connectivity index (χ3n) is 3.54. The van der Waals surface area contributed by atoms with Crippen molar-refractivity contribution in [1.82, 2.24) is 20.3 Å². The fraction of sp³-hybridized carbons (Fsp3) is 0.333. The maximum absolute atomic E-state index is 12.0. The van der Waals surface area contributed by atoms with E-state index in [4.69, 9.17) is 4.74 Å². The number of ether oxygens (including phenoxy) is 1. The molecule has 0 spiro atoms. The molecule has 1 N–H and O–H groups in total. The smallest absolute Gasteiger partial charge is 0.357 e. The van der Waals surface area contributed by atoms with Crippen molar-refractivity contribution in [3.8, 4) is 11.5 Å². The maximum atomic E-state index is 12.0.